The molecule has 1 aliphatic carbocycles. The minimum Gasteiger partial charge on any atom is -0.385 e. The SMILES string of the molecule is c1ccc(NCC2CCCCC2)c(CN2CCCC2)c1. The van der Waals surface area contributed by atoms with Gasteiger partial charge in [-0.05, 0) is 56.3 Å². The monoisotopic (exact) mass is 272 g/mol. The van der Waals surface area contributed by atoms with Crippen LogP contribution in [-0.4, -0.2) is 24.5 Å². The van der Waals surface area contributed by atoms with E-state index in [-0.39, 0.29) is 0 Å². The highest BCUT2D eigenvalue weighted by atomic mass is 15.1. The Morgan fingerprint density at radius 1 is 0.950 bits per heavy atom. The highest BCUT2D eigenvalue weighted by molar-refractivity contribution is 5.51. The topological polar surface area (TPSA) is 15.3 Å². The number of anilines is 1. The maximum Gasteiger partial charge on any atom is 0.0385 e. The third kappa shape index (κ3) is 3.76. The van der Waals surface area contributed by atoms with Crippen molar-refractivity contribution in [1.82, 2.24) is 4.90 Å². The van der Waals surface area contributed by atoms with Crippen molar-refractivity contribution in [1.29, 1.82) is 0 Å². The fraction of sp³-hybridized carbons (Fsp3) is 0.667. The highest BCUT2D eigenvalue weighted by Crippen LogP contribution is 2.25. The maximum atomic E-state index is 3.73. The Kier molecular flexibility index (Phi) is 4.96. The lowest BCUT2D eigenvalue weighted by Gasteiger charge is -2.24. The van der Waals surface area contributed by atoms with Gasteiger partial charge >= 0.3 is 0 Å². The lowest BCUT2D eigenvalue weighted by atomic mass is 9.89. The van der Waals surface area contributed by atoms with Crippen LogP contribution in [-0.2, 0) is 6.54 Å². The molecule has 0 aromatic heterocycles. The van der Waals surface area contributed by atoms with Crippen molar-refractivity contribution in [3.05, 3.63) is 29.8 Å². The zero-order valence-electron chi connectivity index (χ0n) is 12.6. The number of hydrogen-bond donors (Lipinski definition) is 1. The molecule has 1 N–H and O–H groups in total. The normalized spacial score (nSPS) is 21.2. The molecular weight excluding hydrogens is 244 g/mol. The van der Waals surface area contributed by atoms with E-state index in [1.165, 1.54) is 69.3 Å². The average Bonchev–Trinajstić information content (AvgIpc) is 3.00. The van der Waals surface area contributed by atoms with Crippen molar-refractivity contribution >= 4 is 5.69 Å². The van der Waals surface area contributed by atoms with E-state index in [2.05, 4.69) is 34.5 Å². The van der Waals surface area contributed by atoms with Crippen molar-refractivity contribution < 1.29 is 0 Å². The Labute approximate surface area is 123 Å². The molecule has 0 bridgehead atoms. The van der Waals surface area contributed by atoms with Crippen LogP contribution in [0.3, 0.4) is 0 Å². The molecule has 1 aromatic rings. The molecule has 20 heavy (non-hydrogen) atoms. The van der Waals surface area contributed by atoms with E-state index >= 15 is 0 Å². The first-order chi connectivity index (χ1) is 9.92. The van der Waals surface area contributed by atoms with Crippen LogP contribution in [0.4, 0.5) is 5.69 Å². The van der Waals surface area contributed by atoms with Gasteiger partial charge in [0.1, 0.15) is 0 Å². The second-order valence-corrected chi connectivity index (χ2v) is 6.53. The Hall–Kier alpha value is -1.02. The summed E-state index contributed by atoms with van der Waals surface area (Å²) >= 11 is 0. The van der Waals surface area contributed by atoms with Crippen molar-refractivity contribution in [2.24, 2.45) is 5.92 Å². The number of nitrogens with one attached hydrogen (secondary N) is 1. The van der Waals surface area contributed by atoms with Crippen molar-refractivity contribution in [2.45, 2.75) is 51.5 Å². The van der Waals surface area contributed by atoms with E-state index in [0.717, 1.165) is 19.0 Å². The molecule has 0 amide bonds. The summed E-state index contributed by atoms with van der Waals surface area (Å²) in [6.45, 7) is 4.83. The molecule has 3 rings (SSSR count). The van der Waals surface area contributed by atoms with Crippen LogP contribution in [0.1, 0.15) is 50.5 Å². The summed E-state index contributed by atoms with van der Waals surface area (Å²) in [5.74, 6) is 0.892. The molecule has 2 nitrogen and oxygen atoms in total. The Balaban J connectivity index is 1.57. The summed E-state index contributed by atoms with van der Waals surface area (Å²) in [4.78, 5) is 2.58. The van der Waals surface area contributed by atoms with Crippen LogP contribution < -0.4 is 5.32 Å². The predicted octanol–water partition coefficient (Wildman–Crippen LogP) is 4.27. The number of benzene rings is 1. The predicted molar refractivity (Wildman–Crippen MR) is 86.0 cm³/mol. The third-order valence-electron chi connectivity index (χ3n) is 4.92. The van der Waals surface area contributed by atoms with E-state index in [0.29, 0.717) is 0 Å². The van der Waals surface area contributed by atoms with Gasteiger partial charge in [-0.25, -0.2) is 0 Å². The molecule has 0 atom stereocenters. The molecular formula is C18H28N2. The molecule has 1 aromatic carbocycles. The molecule has 2 aliphatic rings. The molecule has 2 fully saturated rings. The zero-order valence-corrected chi connectivity index (χ0v) is 12.6. The molecule has 1 saturated carbocycles. The number of hydrogen-bond acceptors (Lipinski definition) is 2. The second-order valence-electron chi connectivity index (χ2n) is 6.53. The van der Waals surface area contributed by atoms with Gasteiger partial charge in [-0.1, -0.05) is 37.5 Å². The van der Waals surface area contributed by atoms with Crippen LogP contribution in [0.5, 0.6) is 0 Å². The molecule has 0 spiro atoms. The summed E-state index contributed by atoms with van der Waals surface area (Å²) in [6, 6.07) is 8.89. The standard InChI is InChI=1S/C18H28N2/c1-2-8-16(9-3-1)14-19-18-11-5-4-10-17(18)15-20-12-6-7-13-20/h4-5,10-11,16,19H,1-3,6-9,12-15H2. The summed E-state index contributed by atoms with van der Waals surface area (Å²) < 4.78 is 0. The molecule has 0 radical (unpaired) electrons. The van der Waals surface area contributed by atoms with Crippen LogP contribution in [0.2, 0.25) is 0 Å². The van der Waals surface area contributed by atoms with Crippen LogP contribution in [0, 0.1) is 5.92 Å². The van der Waals surface area contributed by atoms with Crippen LogP contribution in [0.15, 0.2) is 24.3 Å². The Morgan fingerprint density at radius 3 is 2.50 bits per heavy atom. The van der Waals surface area contributed by atoms with Gasteiger partial charge in [0.2, 0.25) is 0 Å². The molecule has 0 unspecified atom stereocenters. The smallest absolute Gasteiger partial charge is 0.0385 e. The maximum absolute atomic E-state index is 3.73. The third-order valence-corrected chi connectivity index (χ3v) is 4.92. The summed E-state index contributed by atoms with van der Waals surface area (Å²) in [6.07, 6.45) is 9.89. The first-order valence-electron chi connectivity index (χ1n) is 8.46. The Bertz CT molecular complexity index is 404. The van der Waals surface area contributed by atoms with Crippen LogP contribution in [0.25, 0.3) is 0 Å². The summed E-state index contributed by atoms with van der Waals surface area (Å²) in [7, 11) is 0. The molecule has 2 heteroatoms. The van der Waals surface area contributed by atoms with Gasteiger partial charge in [0.25, 0.3) is 0 Å². The van der Waals surface area contributed by atoms with Crippen molar-refractivity contribution in [2.75, 3.05) is 25.0 Å². The highest BCUT2D eigenvalue weighted by Gasteiger charge is 2.15. The number of rotatable bonds is 5. The van der Waals surface area contributed by atoms with Gasteiger partial charge in [-0.2, -0.15) is 0 Å². The Morgan fingerprint density at radius 2 is 1.70 bits per heavy atom. The second kappa shape index (κ2) is 7.12. The largest absolute Gasteiger partial charge is 0.385 e. The molecule has 110 valence electrons. The summed E-state index contributed by atoms with van der Waals surface area (Å²) in [5, 5.41) is 3.73. The fourth-order valence-electron chi connectivity index (χ4n) is 3.66. The van der Waals surface area contributed by atoms with Gasteiger partial charge in [0.05, 0.1) is 0 Å². The first kappa shape index (κ1) is 13.9. The lowest BCUT2D eigenvalue weighted by molar-refractivity contribution is 0.331. The van der Waals surface area contributed by atoms with Gasteiger partial charge < -0.3 is 5.32 Å². The number of para-hydroxylation sites is 1. The fourth-order valence-corrected chi connectivity index (χ4v) is 3.66. The minimum atomic E-state index is 0.892. The van der Waals surface area contributed by atoms with E-state index in [1.807, 2.05) is 0 Å². The van der Waals surface area contributed by atoms with Gasteiger partial charge in [0.15, 0.2) is 0 Å². The van der Waals surface area contributed by atoms with Gasteiger partial charge in [0, 0.05) is 18.8 Å². The first-order valence-corrected chi connectivity index (χ1v) is 8.46. The quantitative estimate of drug-likeness (QED) is 0.861. The number of nitrogens with zero attached hydrogens (tertiary/aromatic N) is 1. The van der Waals surface area contributed by atoms with Crippen molar-refractivity contribution in [3.63, 3.8) is 0 Å². The number of likely N-dealkylation sites (tertiary alicyclic amines) is 1. The van der Waals surface area contributed by atoms with Crippen molar-refractivity contribution in [3.8, 4) is 0 Å². The van der Waals surface area contributed by atoms with E-state index < -0.39 is 0 Å². The van der Waals surface area contributed by atoms with Gasteiger partial charge in [-0.15, -0.1) is 0 Å². The lowest BCUT2D eigenvalue weighted by Crippen LogP contribution is -2.21. The van der Waals surface area contributed by atoms with Crippen LogP contribution >= 0.6 is 0 Å². The summed E-state index contributed by atoms with van der Waals surface area (Å²) in [5.41, 5.74) is 2.84. The van der Waals surface area contributed by atoms with E-state index in [4.69, 9.17) is 0 Å². The molecule has 1 heterocycles. The molecule has 1 saturated heterocycles. The molecule has 1 aliphatic heterocycles. The van der Waals surface area contributed by atoms with E-state index in [1.54, 1.807) is 0 Å². The zero-order chi connectivity index (χ0) is 13.6. The van der Waals surface area contributed by atoms with E-state index in [9.17, 15) is 0 Å². The minimum absolute atomic E-state index is 0.892. The van der Waals surface area contributed by atoms with Gasteiger partial charge in [-0.3, -0.25) is 4.90 Å². The average molecular weight is 272 g/mol.